The number of nitrogens with zero attached hydrogens (tertiary/aromatic N) is 5. The second-order valence-electron chi connectivity index (χ2n) is 6.97. The third kappa shape index (κ3) is 1.90. The fraction of sp³-hybridized carbons (Fsp3) is 0.421. The standard InChI is InChI=1S/C19H21N5/c1-12-10-11-24(12)19-21-14-8-5-6-13(14)17(22-19)18-20-15-7-3-4-9-16(15)23(18)2/h3-4,7,9,12H,5-6,8,10-11H2,1-2H3/t12-/m0/s1. The first-order chi connectivity index (χ1) is 11.7. The molecular weight excluding hydrogens is 298 g/mol. The van der Waals surface area contributed by atoms with Crippen molar-refractivity contribution in [2.45, 2.75) is 38.6 Å². The SMILES string of the molecule is C[C@H]1CCN1c1nc2c(c(-c3nc4ccccc4n3C)n1)CCC2. The summed E-state index contributed by atoms with van der Waals surface area (Å²) in [7, 11) is 2.08. The number of para-hydroxylation sites is 2. The molecule has 5 rings (SSSR count). The topological polar surface area (TPSA) is 46.8 Å². The summed E-state index contributed by atoms with van der Waals surface area (Å²) < 4.78 is 2.17. The third-order valence-electron chi connectivity index (χ3n) is 5.50. The van der Waals surface area contributed by atoms with Crippen LogP contribution in [0.1, 0.15) is 31.0 Å². The summed E-state index contributed by atoms with van der Waals surface area (Å²) in [5.74, 6) is 1.85. The Hall–Kier alpha value is -2.43. The maximum atomic E-state index is 4.97. The van der Waals surface area contributed by atoms with E-state index in [2.05, 4.69) is 41.6 Å². The molecule has 1 aliphatic carbocycles. The molecular formula is C19H21N5. The average molecular weight is 319 g/mol. The quantitative estimate of drug-likeness (QED) is 0.728. The maximum Gasteiger partial charge on any atom is 0.226 e. The highest BCUT2D eigenvalue weighted by molar-refractivity contribution is 5.80. The van der Waals surface area contributed by atoms with Crippen LogP contribution in [0.15, 0.2) is 24.3 Å². The van der Waals surface area contributed by atoms with E-state index in [1.165, 1.54) is 24.1 Å². The van der Waals surface area contributed by atoms with Gasteiger partial charge >= 0.3 is 0 Å². The molecule has 5 heteroatoms. The van der Waals surface area contributed by atoms with Gasteiger partial charge in [0.2, 0.25) is 5.95 Å². The first-order valence-corrected chi connectivity index (χ1v) is 8.80. The number of hydrogen-bond acceptors (Lipinski definition) is 4. The van der Waals surface area contributed by atoms with Crippen LogP contribution in [0, 0.1) is 0 Å². The Morgan fingerprint density at radius 1 is 1.08 bits per heavy atom. The van der Waals surface area contributed by atoms with Crippen molar-refractivity contribution in [3.8, 4) is 11.5 Å². The van der Waals surface area contributed by atoms with E-state index in [4.69, 9.17) is 15.0 Å². The molecule has 24 heavy (non-hydrogen) atoms. The van der Waals surface area contributed by atoms with Crippen LogP contribution in [0.5, 0.6) is 0 Å². The molecule has 1 saturated heterocycles. The van der Waals surface area contributed by atoms with Crippen molar-refractivity contribution in [2.75, 3.05) is 11.4 Å². The predicted molar refractivity (Wildman–Crippen MR) is 95.2 cm³/mol. The lowest BCUT2D eigenvalue weighted by Gasteiger charge is -2.39. The number of fused-ring (bicyclic) bond motifs is 2. The highest BCUT2D eigenvalue weighted by Crippen LogP contribution is 2.34. The first kappa shape index (κ1) is 14.0. The van der Waals surface area contributed by atoms with Crippen LogP contribution >= 0.6 is 0 Å². The van der Waals surface area contributed by atoms with Gasteiger partial charge in [0.15, 0.2) is 5.82 Å². The molecule has 0 radical (unpaired) electrons. The number of anilines is 1. The summed E-state index contributed by atoms with van der Waals surface area (Å²) in [6.07, 6.45) is 4.51. The van der Waals surface area contributed by atoms with E-state index in [-0.39, 0.29) is 0 Å². The fourth-order valence-electron chi connectivity index (χ4n) is 3.90. The van der Waals surface area contributed by atoms with E-state index >= 15 is 0 Å². The minimum atomic E-state index is 0.540. The van der Waals surface area contributed by atoms with Gasteiger partial charge in [-0.1, -0.05) is 12.1 Å². The van der Waals surface area contributed by atoms with E-state index in [1.807, 2.05) is 6.07 Å². The van der Waals surface area contributed by atoms with Crippen molar-refractivity contribution in [2.24, 2.45) is 7.05 Å². The largest absolute Gasteiger partial charge is 0.338 e. The molecule has 122 valence electrons. The lowest BCUT2D eigenvalue weighted by molar-refractivity contribution is 0.470. The van der Waals surface area contributed by atoms with E-state index in [0.717, 1.165) is 47.9 Å². The van der Waals surface area contributed by atoms with Crippen molar-refractivity contribution < 1.29 is 0 Å². The predicted octanol–water partition coefficient (Wildman–Crippen LogP) is 3.12. The van der Waals surface area contributed by atoms with Gasteiger partial charge < -0.3 is 9.47 Å². The van der Waals surface area contributed by atoms with E-state index < -0.39 is 0 Å². The smallest absolute Gasteiger partial charge is 0.226 e. The molecule has 2 aromatic heterocycles. The Morgan fingerprint density at radius 3 is 2.71 bits per heavy atom. The number of hydrogen-bond donors (Lipinski definition) is 0. The van der Waals surface area contributed by atoms with Crippen molar-refractivity contribution >= 4 is 17.0 Å². The summed E-state index contributed by atoms with van der Waals surface area (Å²) in [5, 5.41) is 0. The molecule has 0 saturated carbocycles. The van der Waals surface area contributed by atoms with Gasteiger partial charge in [-0.05, 0) is 44.7 Å². The Morgan fingerprint density at radius 2 is 1.96 bits per heavy atom. The molecule has 0 spiro atoms. The summed E-state index contributed by atoms with van der Waals surface area (Å²) in [6.45, 7) is 3.30. The molecule has 0 unspecified atom stereocenters. The molecule has 5 nitrogen and oxygen atoms in total. The van der Waals surface area contributed by atoms with Crippen LogP contribution in [0.2, 0.25) is 0 Å². The van der Waals surface area contributed by atoms with E-state index in [9.17, 15) is 0 Å². The molecule has 3 heterocycles. The van der Waals surface area contributed by atoms with Gasteiger partial charge in [0, 0.05) is 30.9 Å². The number of rotatable bonds is 2. The monoisotopic (exact) mass is 319 g/mol. The summed E-state index contributed by atoms with van der Waals surface area (Å²) >= 11 is 0. The van der Waals surface area contributed by atoms with Crippen molar-refractivity contribution in [3.05, 3.63) is 35.5 Å². The minimum Gasteiger partial charge on any atom is -0.338 e. The van der Waals surface area contributed by atoms with Crippen molar-refractivity contribution in [1.82, 2.24) is 19.5 Å². The molecule has 3 aromatic rings. The zero-order chi connectivity index (χ0) is 16.3. The first-order valence-electron chi connectivity index (χ1n) is 8.80. The van der Waals surface area contributed by atoms with Crippen LogP contribution in [-0.2, 0) is 19.9 Å². The molecule has 1 aliphatic heterocycles. The molecule has 2 aliphatic rings. The van der Waals surface area contributed by atoms with Gasteiger partial charge in [-0.15, -0.1) is 0 Å². The van der Waals surface area contributed by atoms with Gasteiger partial charge in [-0.3, -0.25) is 0 Å². The van der Waals surface area contributed by atoms with Gasteiger partial charge in [0.25, 0.3) is 0 Å². The summed E-state index contributed by atoms with van der Waals surface area (Å²) in [6, 6.07) is 8.82. The molecule has 0 N–H and O–H groups in total. The number of aryl methyl sites for hydroxylation is 2. The number of aromatic nitrogens is 4. The second-order valence-corrected chi connectivity index (χ2v) is 6.97. The number of benzene rings is 1. The number of imidazole rings is 1. The van der Waals surface area contributed by atoms with Gasteiger partial charge in [-0.25, -0.2) is 15.0 Å². The van der Waals surface area contributed by atoms with Crippen LogP contribution in [0.3, 0.4) is 0 Å². The molecule has 1 aromatic carbocycles. The lowest BCUT2D eigenvalue weighted by atomic mass is 10.1. The van der Waals surface area contributed by atoms with Crippen molar-refractivity contribution in [1.29, 1.82) is 0 Å². The minimum absolute atomic E-state index is 0.540. The zero-order valence-electron chi connectivity index (χ0n) is 14.2. The molecule has 0 bridgehead atoms. The Balaban J connectivity index is 1.73. The normalized spacial score (nSPS) is 19.6. The molecule has 0 amide bonds. The summed E-state index contributed by atoms with van der Waals surface area (Å²) in [5.41, 5.74) is 5.73. The average Bonchev–Trinajstić information content (AvgIpc) is 3.18. The van der Waals surface area contributed by atoms with E-state index in [1.54, 1.807) is 0 Å². The summed E-state index contributed by atoms with van der Waals surface area (Å²) in [4.78, 5) is 17.0. The van der Waals surface area contributed by atoms with E-state index in [0.29, 0.717) is 6.04 Å². The Bertz CT molecular complexity index is 942. The van der Waals surface area contributed by atoms with Crippen LogP contribution < -0.4 is 4.90 Å². The Kier molecular flexibility index (Phi) is 2.93. The van der Waals surface area contributed by atoms with Crippen LogP contribution in [0.4, 0.5) is 5.95 Å². The zero-order valence-corrected chi connectivity index (χ0v) is 14.2. The fourth-order valence-corrected chi connectivity index (χ4v) is 3.90. The Labute approximate surface area is 141 Å². The third-order valence-corrected chi connectivity index (χ3v) is 5.50. The van der Waals surface area contributed by atoms with Crippen molar-refractivity contribution in [3.63, 3.8) is 0 Å². The highest BCUT2D eigenvalue weighted by Gasteiger charge is 2.30. The lowest BCUT2D eigenvalue weighted by Crippen LogP contribution is -2.46. The van der Waals surface area contributed by atoms with Gasteiger partial charge in [0.1, 0.15) is 5.69 Å². The molecule has 1 atom stereocenters. The van der Waals surface area contributed by atoms with Gasteiger partial charge in [0.05, 0.1) is 11.0 Å². The van der Waals surface area contributed by atoms with Crippen LogP contribution in [0.25, 0.3) is 22.6 Å². The second kappa shape index (κ2) is 5.03. The highest BCUT2D eigenvalue weighted by atomic mass is 15.3. The maximum absolute atomic E-state index is 4.97. The van der Waals surface area contributed by atoms with Crippen LogP contribution in [-0.4, -0.2) is 32.1 Å². The van der Waals surface area contributed by atoms with Gasteiger partial charge in [-0.2, -0.15) is 0 Å². The molecule has 1 fully saturated rings.